The molecule has 1 fully saturated rings. The van der Waals surface area contributed by atoms with Crippen LogP contribution < -0.4 is 20.5 Å². The Labute approximate surface area is 295 Å². The second-order valence-electron chi connectivity index (χ2n) is 12.8. The number of halogens is 2. The van der Waals surface area contributed by atoms with Gasteiger partial charge in [0, 0.05) is 62.5 Å². The fourth-order valence-corrected chi connectivity index (χ4v) is 7.37. The Balaban J connectivity index is 1.06. The van der Waals surface area contributed by atoms with E-state index in [1.165, 1.54) is 0 Å². The number of nitrogens with zero attached hydrogens (tertiary/aromatic N) is 3. The van der Waals surface area contributed by atoms with Gasteiger partial charge >= 0.3 is 5.97 Å². The van der Waals surface area contributed by atoms with E-state index in [2.05, 4.69) is 16.3 Å². The van der Waals surface area contributed by atoms with Gasteiger partial charge in [-0.2, -0.15) is 0 Å². The number of carbonyl (C=O) groups excluding carboxylic acids is 2. The summed E-state index contributed by atoms with van der Waals surface area (Å²) in [6.45, 7) is 2.71. The van der Waals surface area contributed by atoms with Crippen LogP contribution in [0, 0.1) is 5.92 Å². The summed E-state index contributed by atoms with van der Waals surface area (Å²) in [5, 5.41) is 3.94. The van der Waals surface area contributed by atoms with Gasteiger partial charge in [0.1, 0.15) is 24.2 Å². The zero-order valence-corrected chi connectivity index (χ0v) is 29.1. The number of nitrogens with one attached hydrogen (secondary N) is 1. The monoisotopic (exact) mass is 703 g/mol. The van der Waals surface area contributed by atoms with Crippen molar-refractivity contribution in [3.05, 3.63) is 92.5 Å². The molecule has 0 saturated heterocycles. The largest absolute Gasteiger partial charge is 0.496 e. The molecule has 256 valence electrons. The predicted molar refractivity (Wildman–Crippen MR) is 188 cm³/mol. The minimum Gasteiger partial charge on any atom is -0.496 e. The second kappa shape index (κ2) is 14.0. The highest BCUT2D eigenvalue weighted by molar-refractivity contribution is 6.36. The number of methoxy groups -OCH3 is 1. The lowest BCUT2D eigenvalue weighted by Gasteiger charge is -2.26. The quantitative estimate of drug-likeness (QED) is 0.170. The van der Waals surface area contributed by atoms with Gasteiger partial charge in [-0.15, -0.1) is 0 Å². The Morgan fingerprint density at radius 2 is 1.84 bits per heavy atom. The first-order chi connectivity index (χ1) is 23.7. The average Bonchev–Trinajstić information content (AvgIpc) is 3.81. The third kappa shape index (κ3) is 6.75. The molecule has 0 radical (unpaired) electrons. The van der Waals surface area contributed by atoms with E-state index in [1.807, 2.05) is 35.9 Å². The van der Waals surface area contributed by atoms with Crippen LogP contribution in [0.4, 0.5) is 5.69 Å². The molecule has 49 heavy (non-hydrogen) atoms. The summed E-state index contributed by atoms with van der Waals surface area (Å²) in [5.74, 6) is 1.17. The number of nitrogens with two attached hydrogens (primary N) is 1. The molecule has 2 aliphatic carbocycles. The van der Waals surface area contributed by atoms with Gasteiger partial charge in [-0.05, 0) is 54.5 Å². The third-order valence-electron chi connectivity index (χ3n) is 9.68. The molecule has 1 unspecified atom stereocenters. The van der Waals surface area contributed by atoms with E-state index in [1.54, 1.807) is 25.3 Å². The highest BCUT2D eigenvalue weighted by atomic mass is 35.5. The molecule has 4 aromatic rings. The van der Waals surface area contributed by atoms with Crippen molar-refractivity contribution < 1.29 is 23.8 Å². The summed E-state index contributed by atoms with van der Waals surface area (Å²) in [6, 6.07) is 15.3. The standard InChI is InChI=1S/C37H39Cl2N5O5/c1-43-30-13-14-44(15-16-48-37(46)21-9-10-21)20-29(30)41-35(43)36(45)42-28-8-4-7-26(34(28)39)23-5-3-6-25-24(23)11-12-31(25)49-33-18-32(47-2)22(19-40)17-27(33)38/h3-8,17-18,21,31H,9-16,19-20,40H2,1-2H3,(H,42,45). The summed E-state index contributed by atoms with van der Waals surface area (Å²) in [4.78, 5) is 32.4. The molecule has 3 N–H and O–H groups in total. The Kier molecular flexibility index (Phi) is 9.57. The van der Waals surface area contributed by atoms with Crippen molar-refractivity contribution >= 4 is 40.8 Å². The fourth-order valence-electron chi connectivity index (χ4n) is 6.86. The lowest BCUT2D eigenvalue weighted by Crippen LogP contribution is -2.34. The van der Waals surface area contributed by atoms with Crippen LogP contribution >= 0.6 is 23.2 Å². The number of aromatic nitrogens is 2. The van der Waals surface area contributed by atoms with Crippen LogP contribution in [0.15, 0.2) is 48.5 Å². The lowest BCUT2D eigenvalue weighted by atomic mass is 9.96. The van der Waals surface area contributed by atoms with Crippen molar-refractivity contribution in [1.82, 2.24) is 14.5 Å². The number of ether oxygens (including phenoxy) is 3. The van der Waals surface area contributed by atoms with E-state index in [4.69, 9.17) is 48.1 Å². The van der Waals surface area contributed by atoms with E-state index >= 15 is 0 Å². The van der Waals surface area contributed by atoms with Crippen molar-refractivity contribution in [3.8, 4) is 22.6 Å². The molecule has 3 aromatic carbocycles. The molecule has 7 rings (SSSR count). The average molecular weight is 705 g/mol. The van der Waals surface area contributed by atoms with Gasteiger partial charge in [-0.3, -0.25) is 14.5 Å². The van der Waals surface area contributed by atoms with Gasteiger partial charge in [0.2, 0.25) is 0 Å². The molecular weight excluding hydrogens is 665 g/mol. The van der Waals surface area contributed by atoms with Crippen molar-refractivity contribution in [3.63, 3.8) is 0 Å². The maximum absolute atomic E-state index is 13.6. The van der Waals surface area contributed by atoms with Crippen molar-refractivity contribution in [1.29, 1.82) is 0 Å². The number of rotatable bonds is 11. The van der Waals surface area contributed by atoms with Crippen molar-refractivity contribution in [2.75, 3.05) is 32.1 Å². The minimum absolute atomic E-state index is 0.0935. The predicted octanol–water partition coefficient (Wildman–Crippen LogP) is 6.49. The number of anilines is 1. The van der Waals surface area contributed by atoms with Gasteiger partial charge in [0.05, 0.1) is 34.5 Å². The smallest absolute Gasteiger partial charge is 0.308 e. The van der Waals surface area contributed by atoms with E-state index in [-0.39, 0.29) is 23.9 Å². The van der Waals surface area contributed by atoms with E-state index in [0.717, 1.165) is 77.9 Å². The number of imidazole rings is 1. The summed E-state index contributed by atoms with van der Waals surface area (Å²) in [7, 11) is 3.47. The molecule has 1 aromatic heterocycles. The normalized spacial score (nSPS) is 17.0. The van der Waals surface area contributed by atoms with E-state index in [9.17, 15) is 9.59 Å². The number of hydrogen-bond donors (Lipinski definition) is 2. The molecule has 10 nitrogen and oxygen atoms in total. The first-order valence-electron chi connectivity index (χ1n) is 16.6. The molecule has 3 aliphatic rings. The number of fused-ring (bicyclic) bond motifs is 2. The van der Waals surface area contributed by atoms with Crippen LogP contribution in [0.2, 0.25) is 10.0 Å². The van der Waals surface area contributed by atoms with Crippen molar-refractivity contribution in [2.24, 2.45) is 18.7 Å². The maximum Gasteiger partial charge on any atom is 0.308 e. The molecule has 1 aliphatic heterocycles. The zero-order chi connectivity index (χ0) is 34.2. The topological polar surface area (TPSA) is 121 Å². The number of benzene rings is 3. The molecule has 12 heteroatoms. The van der Waals surface area contributed by atoms with Gasteiger partial charge < -0.3 is 29.8 Å². The van der Waals surface area contributed by atoms with Crippen LogP contribution in [-0.2, 0) is 42.5 Å². The molecule has 1 saturated carbocycles. The Morgan fingerprint density at radius 3 is 2.61 bits per heavy atom. The molecule has 1 amide bonds. The lowest BCUT2D eigenvalue weighted by molar-refractivity contribution is -0.145. The van der Waals surface area contributed by atoms with Gasteiger partial charge in [0.25, 0.3) is 5.91 Å². The minimum atomic E-state index is -0.333. The first kappa shape index (κ1) is 33.4. The highest BCUT2D eigenvalue weighted by Gasteiger charge is 2.32. The summed E-state index contributed by atoms with van der Waals surface area (Å²) < 4.78 is 19.2. The summed E-state index contributed by atoms with van der Waals surface area (Å²) >= 11 is 13.6. The molecule has 2 heterocycles. The van der Waals surface area contributed by atoms with E-state index < -0.39 is 0 Å². The third-order valence-corrected chi connectivity index (χ3v) is 10.4. The van der Waals surface area contributed by atoms with Gasteiger partial charge in [-0.25, -0.2) is 4.98 Å². The number of amides is 1. The molecular formula is C37H39Cl2N5O5. The van der Waals surface area contributed by atoms with Crippen LogP contribution in [0.5, 0.6) is 11.5 Å². The number of hydrogen-bond acceptors (Lipinski definition) is 8. The van der Waals surface area contributed by atoms with Gasteiger partial charge in [0.15, 0.2) is 5.82 Å². The molecule has 1 atom stereocenters. The first-order valence-corrected chi connectivity index (χ1v) is 17.4. The van der Waals surface area contributed by atoms with Crippen LogP contribution in [-0.4, -0.2) is 53.1 Å². The second-order valence-corrected chi connectivity index (χ2v) is 13.6. The Morgan fingerprint density at radius 1 is 1.04 bits per heavy atom. The van der Waals surface area contributed by atoms with Crippen LogP contribution in [0.25, 0.3) is 11.1 Å². The Bertz CT molecular complexity index is 1920. The summed E-state index contributed by atoms with van der Waals surface area (Å²) in [5.41, 5.74) is 13.1. The van der Waals surface area contributed by atoms with Crippen LogP contribution in [0.3, 0.4) is 0 Å². The number of carbonyl (C=O) groups is 2. The summed E-state index contributed by atoms with van der Waals surface area (Å²) in [6.07, 6.45) is 3.97. The maximum atomic E-state index is 13.6. The Hall–Kier alpha value is -4.09. The van der Waals surface area contributed by atoms with Gasteiger partial charge in [-0.1, -0.05) is 53.5 Å². The zero-order valence-electron chi connectivity index (χ0n) is 27.6. The highest BCUT2D eigenvalue weighted by Crippen LogP contribution is 2.45. The molecule has 0 bridgehead atoms. The fraction of sp³-hybridized carbons (Fsp3) is 0.378. The van der Waals surface area contributed by atoms with Crippen molar-refractivity contribution in [2.45, 2.75) is 51.3 Å². The molecule has 0 spiro atoms. The van der Waals surface area contributed by atoms with E-state index in [0.29, 0.717) is 59.3 Å². The number of esters is 1. The van der Waals surface area contributed by atoms with Crippen LogP contribution in [0.1, 0.15) is 64.1 Å². The SMILES string of the molecule is COc1cc(OC2CCc3c(-c4cccc(NC(=O)c5nc6c(n5C)CCN(CCOC(=O)C5CC5)C6)c4Cl)cccc32)c(Cl)cc1CN.